The first kappa shape index (κ1) is 19.9. The highest BCUT2D eigenvalue weighted by Crippen LogP contribution is 2.53. The van der Waals surface area contributed by atoms with Gasteiger partial charge < -0.3 is 28.9 Å². The average Bonchev–Trinajstić information content (AvgIpc) is 3.35. The van der Waals surface area contributed by atoms with Crippen LogP contribution in [-0.2, 0) is 16.0 Å². The maximum absolute atomic E-state index is 11.1. The minimum Gasteiger partial charge on any atom is -0.507 e. The van der Waals surface area contributed by atoms with Crippen molar-refractivity contribution in [3.05, 3.63) is 53.1 Å². The second kappa shape index (κ2) is 7.02. The Morgan fingerprint density at radius 1 is 1.23 bits per heavy atom. The quantitative estimate of drug-likeness (QED) is 0.558. The first-order valence-electron chi connectivity index (χ1n) is 9.91. The summed E-state index contributed by atoms with van der Waals surface area (Å²) in [5.41, 5.74) is 3.43. The molecule has 0 aliphatic carbocycles. The second-order valence-electron chi connectivity index (χ2n) is 7.91. The Morgan fingerprint density at radius 2 is 1.97 bits per heavy atom. The van der Waals surface area contributed by atoms with E-state index in [0.29, 0.717) is 40.7 Å². The van der Waals surface area contributed by atoms with Crippen LogP contribution in [0.5, 0.6) is 28.7 Å². The largest absolute Gasteiger partial charge is 0.507 e. The highest BCUT2D eigenvalue weighted by atomic mass is 32.1. The number of hydrogen-bond acceptors (Lipinski definition) is 8. The van der Waals surface area contributed by atoms with Crippen molar-refractivity contribution < 1.29 is 28.9 Å². The van der Waals surface area contributed by atoms with Crippen LogP contribution in [0.3, 0.4) is 0 Å². The van der Waals surface area contributed by atoms with Gasteiger partial charge in [-0.3, -0.25) is 0 Å². The summed E-state index contributed by atoms with van der Waals surface area (Å²) in [4.78, 5) is 5.71. The number of fused-ring (bicyclic) bond motifs is 4. The third-order valence-corrected chi connectivity index (χ3v) is 6.83. The number of methoxy groups -OCH3 is 2. The zero-order valence-electron chi connectivity index (χ0n) is 17.5. The van der Waals surface area contributed by atoms with E-state index in [9.17, 15) is 5.11 Å². The van der Waals surface area contributed by atoms with E-state index in [1.54, 1.807) is 26.4 Å². The molecule has 3 atom stereocenters. The predicted molar refractivity (Wildman–Crippen MR) is 118 cm³/mol. The van der Waals surface area contributed by atoms with Gasteiger partial charge in [0.05, 0.1) is 14.2 Å². The summed E-state index contributed by atoms with van der Waals surface area (Å²) in [6.07, 6.45) is -0.0775. The van der Waals surface area contributed by atoms with E-state index in [1.165, 1.54) is 0 Å². The Balaban J connectivity index is 1.62. The molecule has 0 aromatic heterocycles. The Kier molecular flexibility index (Phi) is 4.51. The van der Waals surface area contributed by atoms with Crippen molar-refractivity contribution in [1.82, 2.24) is 0 Å². The molecule has 0 saturated heterocycles. The molecule has 162 valence electrons. The van der Waals surface area contributed by atoms with Gasteiger partial charge in [0, 0.05) is 29.2 Å². The number of hydrogen-bond donors (Lipinski definition) is 2. The summed E-state index contributed by atoms with van der Waals surface area (Å²) in [7, 11) is 3.14. The van der Waals surface area contributed by atoms with Gasteiger partial charge in [-0.2, -0.15) is 12.6 Å². The molecule has 3 aliphatic rings. The number of oxime groups is 1. The van der Waals surface area contributed by atoms with E-state index >= 15 is 0 Å². The predicted octanol–water partition coefficient (Wildman–Crippen LogP) is 3.61. The Bertz CT molecular complexity index is 1130. The number of aromatic hydroxyl groups is 1. The van der Waals surface area contributed by atoms with Crippen molar-refractivity contribution in [3.63, 3.8) is 0 Å². The summed E-state index contributed by atoms with van der Waals surface area (Å²) < 4.78 is 21.7. The fourth-order valence-corrected chi connectivity index (χ4v) is 4.79. The van der Waals surface area contributed by atoms with E-state index in [4.69, 9.17) is 36.4 Å². The molecule has 0 bridgehead atoms. The lowest BCUT2D eigenvalue weighted by atomic mass is 9.82. The van der Waals surface area contributed by atoms with Crippen LogP contribution in [0.15, 0.2) is 41.6 Å². The third-order valence-electron chi connectivity index (χ3n) is 6.09. The zero-order valence-corrected chi connectivity index (χ0v) is 18.4. The van der Waals surface area contributed by atoms with Gasteiger partial charge in [0.15, 0.2) is 17.6 Å². The molecule has 7 nitrogen and oxygen atoms in total. The maximum Gasteiger partial charge on any atom is 0.185 e. The number of benzene rings is 2. The lowest BCUT2D eigenvalue weighted by Gasteiger charge is -2.36. The molecule has 5 rings (SSSR count). The molecule has 8 heteroatoms. The SMILES string of the molecule is C=C(C)[C@H]1Cc2c(ccc(C3=NOC4COc5cc(OC)c(OC)cc5[C@]34S)c2O)O1. The number of thiol groups is 1. The van der Waals surface area contributed by atoms with Crippen LogP contribution >= 0.6 is 12.6 Å². The van der Waals surface area contributed by atoms with Gasteiger partial charge in [0.1, 0.15) is 40.4 Å². The van der Waals surface area contributed by atoms with Crippen molar-refractivity contribution in [3.8, 4) is 28.7 Å². The van der Waals surface area contributed by atoms with Crippen LogP contribution in [0, 0.1) is 0 Å². The molecule has 3 aliphatic heterocycles. The van der Waals surface area contributed by atoms with Gasteiger partial charge in [-0.05, 0) is 30.7 Å². The molecular weight excluding hydrogens is 418 g/mol. The van der Waals surface area contributed by atoms with Crippen LogP contribution in [0.2, 0.25) is 0 Å². The fraction of sp³-hybridized carbons (Fsp3) is 0.348. The third kappa shape index (κ3) is 2.77. The smallest absolute Gasteiger partial charge is 0.185 e. The molecule has 1 N–H and O–H groups in total. The first-order valence-corrected chi connectivity index (χ1v) is 10.4. The second-order valence-corrected chi connectivity index (χ2v) is 8.62. The van der Waals surface area contributed by atoms with Crippen LogP contribution in [0.1, 0.15) is 23.6 Å². The molecule has 1 unspecified atom stereocenters. The summed E-state index contributed by atoms with van der Waals surface area (Å²) in [6, 6.07) is 7.22. The van der Waals surface area contributed by atoms with E-state index in [1.807, 2.05) is 19.1 Å². The van der Waals surface area contributed by atoms with Gasteiger partial charge in [-0.25, -0.2) is 0 Å². The molecule has 0 fully saturated rings. The Hall–Kier alpha value is -3.00. The molecule has 3 heterocycles. The molecule has 2 aromatic carbocycles. The molecule has 2 aromatic rings. The van der Waals surface area contributed by atoms with Crippen molar-refractivity contribution in [2.24, 2.45) is 5.16 Å². The monoisotopic (exact) mass is 441 g/mol. The lowest BCUT2D eigenvalue weighted by molar-refractivity contribution is 0.0222. The van der Waals surface area contributed by atoms with Gasteiger partial charge >= 0.3 is 0 Å². The molecule has 0 spiro atoms. The number of nitrogens with zero attached hydrogens (tertiary/aromatic N) is 1. The van der Waals surface area contributed by atoms with Gasteiger partial charge in [-0.15, -0.1) is 0 Å². The summed E-state index contributed by atoms with van der Waals surface area (Å²) in [5.74, 6) is 2.47. The minimum absolute atomic E-state index is 0.117. The van der Waals surface area contributed by atoms with E-state index in [0.717, 1.165) is 16.7 Å². The fourth-order valence-electron chi connectivity index (χ4n) is 4.34. The van der Waals surface area contributed by atoms with E-state index < -0.39 is 10.9 Å². The Labute approximate surface area is 185 Å². The van der Waals surface area contributed by atoms with Gasteiger partial charge in [0.2, 0.25) is 0 Å². The summed E-state index contributed by atoms with van der Waals surface area (Å²) in [5, 5.41) is 15.5. The number of rotatable bonds is 4. The highest BCUT2D eigenvalue weighted by Gasteiger charge is 2.54. The van der Waals surface area contributed by atoms with Crippen molar-refractivity contribution in [1.29, 1.82) is 0 Å². The van der Waals surface area contributed by atoms with Gasteiger partial charge in [-0.1, -0.05) is 11.7 Å². The first-order chi connectivity index (χ1) is 14.9. The minimum atomic E-state index is -0.952. The van der Waals surface area contributed by atoms with Crippen molar-refractivity contribution in [2.45, 2.75) is 30.3 Å². The zero-order chi connectivity index (χ0) is 21.9. The van der Waals surface area contributed by atoms with Gasteiger partial charge in [0.25, 0.3) is 0 Å². The average molecular weight is 442 g/mol. The van der Waals surface area contributed by atoms with Crippen LogP contribution < -0.4 is 18.9 Å². The standard InChI is InChI=1S/C23H23NO6S/c1-11(2)16-7-13-15(29-16)6-5-12(21(13)25)22-23(31)14-8-18(26-3)19(27-4)9-17(14)28-10-20(23)30-24-22/h5-6,8-9,16,20,25,31H,1,7,10H2,2-4H3/t16-,20?,23-/m1/s1. The van der Waals surface area contributed by atoms with E-state index in [2.05, 4.69) is 11.7 Å². The van der Waals surface area contributed by atoms with Crippen LogP contribution in [0.25, 0.3) is 0 Å². The number of ether oxygens (including phenoxy) is 4. The topological polar surface area (TPSA) is 78.7 Å². The molecule has 0 saturated carbocycles. The molecular formula is C23H23NO6S. The normalized spacial score (nSPS) is 25.2. The van der Waals surface area contributed by atoms with E-state index in [-0.39, 0.29) is 18.5 Å². The highest BCUT2D eigenvalue weighted by molar-refractivity contribution is 7.82. The molecule has 31 heavy (non-hydrogen) atoms. The maximum atomic E-state index is 11.1. The van der Waals surface area contributed by atoms with Crippen molar-refractivity contribution in [2.75, 3.05) is 20.8 Å². The summed E-state index contributed by atoms with van der Waals surface area (Å²) in [6.45, 7) is 6.14. The summed E-state index contributed by atoms with van der Waals surface area (Å²) >= 11 is 5.06. The molecule has 0 amide bonds. The molecule has 0 radical (unpaired) electrons. The van der Waals surface area contributed by atoms with Crippen LogP contribution in [-0.4, -0.2) is 43.9 Å². The number of phenols is 1. The van der Waals surface area contributed by atoms with Crippen LogP contribution in [0.4, 0.5) is 0 Å². The lowest BCUT2D eigenvalue weighted by Crippen LogP contribution is -2.45. The Morgan fingerprint density at radius 3 is 2.68 bits per heavy atom. The number of phenolic OH excluding ortho intramolecular Hbond substituents is 1. The van der Waals surface area contributed by atoms with Crippen molar-refractivity contribution >= 4 is 18.3 Å².